The molecule has 0 saturated carbocycles. The van der Waals surface area contributed by atoms with E-state index >= 15 is 0 Å². The van der Waals surface area contributed by atoms with Crippen molar-refractivity contribution in [1.82, 2.24) is 0 Å². The second-order valence-corrected chi connectivity index (χ2v) is 3.06. The Morgan fingerprint density at radius 1 is 1.46 bits per heavy atom. The van der Waals surface area contributed by atoms with Gasteiger partial charge in [0.15, 0.2) is 7.05 Å². The first-order chi connectivity index (χ1) is 6.16. The summed E-state index contributed by atoms with van der Waals surface area (Å²) in [6.07, 6.45) is 0.372. The molecule has 1 aliphatic heterocycles. The van der Waals surface area contributed by atoms with Gasteiger partial charge < -0.3 is 5.32 Å². The van der Waals surface area contributed by atoms with Crippen molar-refractivity contribution in [3.8, 4) is 0 Å². The summed E-state index contributed by atoms with van der Waals surface area (Å²) >= 11 is 0. The van der Waals surface area contributed by atoms with Crippen LogP contribution < -0.4 is 5.32 Å². The molecule has 0 bridgehead atoms. The van der Waals surface area contributed by atoms with E-state index in [4.69, 9.17) is 0 Å². The summed E-state index contributed by atoms with van der Waals surface area (Å²) in [6, 6.07) is 5.18. The number of nitrogens with zero attached hydrogens (tertiary/aromatic N) is 1. The molecule has 0 saturated heterocycles. The van der Waals surface area contributed by atoms with Crippen molar-refractivity contribution in [2.75, 3.05) is 12.4 Å². The standard InChI is InChI=1S/C9H8N2O2/c1-11(13)7-2-3-8-6(4-7)5-9(12)10-8/h2-4H,5H2,1H3/p+1. The lowest BCUT2D eigenvalue weighted by Crippen LogP contribution is -2.03. The van der Waals surface area contributed by atoms with Crippen LogP contribution in [0.4, 0.5) is 11.4 Å². The summed E-state index contributed by atoms with van der Waals surface area (Å²) in [5.41, 5.74) is 2.29. The first-order valence-corrected chi connectivity index (χ1v) is 4.00. The highest BCUT2D eigenvalue weighted by Gasteiger charge is 2.20. The molecule has 0 radical (unpaired) electrons. The van der Waals surface area contributed by atoms with E-state index < -0.39 is 0 Å². The van der Waals surface area contributed by atoms with Crippen LogP contribution in [0.3, 0.4) is 0 Å². The number of amides is 1. The number of anilines is 1. The molecule has 0 spiro atoms. The SMILES string of the molecule is C[N+](=O)c1ccc2c(c1)CC(=O)N2. The number of nitroso groups, excluding NO2 is 1. The van der Waals surface area contributed by atoms with Gasteiger partial charge in [-0.15, -0.1) is 0 Å². The molecule has 0 unspecified atom stereocenters. The van der Waals surface area contributed by atoms with Crippen molar-refractivity contribution in [1.29, 1.82) is 0 Å². The third-order valence-corrected chi connectivity index (χ3v) is 2.08. The van der Waals surface area contributed by atoms with Crippen LogP contribution in [0, 0.1) is 4.91 Å². The number of hydrogen-bond acceptors (Lipinski definition) is 2. The number of benzene rings is 1. The largest absolute Gasteiger partial charge is 0.326 e. The third-order valence-electron chi connectivity index (χ3n) is 2.08. The molecule has 1 aromatic carbocycles. The predicted octanol–water partition coefficient (Wildman–Crippen LogP) is 1.22. The van der Waals surface area contributed by atoms with Crippen LogP contribution in [0.1, 0.15) is 5.56 Å². The average Bonchev–Trinajstić information content (AvgIpc) is 2.42. The molecule has 0 fully saturated rings. The fourth-order valence-electron chi connectivity index (χ4n) is 1.41. The van der Waals surface area contributed by atoms with E-state index in [-0.39, 0.29) is 5.91 Å². The van der Waals surface area contributed by atoms with E-state index in [0.29, 0.717) is 12.1 Å². The van der Waals surface area contributed by atoms with Gasteiger partial charge in [-0.25, -0.2) is 0 Å². The van der Waals surface area contributed by atoms with Gasteiger partial charge in [0.05, 0.1) is 6.42 Å². The first kappa shape index (κ1) is 7.91. The predicted molar refractivity (Wildman–Crippen MR) is 48.0 cm³/mol. The molecule has 0 aliphatic carbocycles. The number of rotatable bonds is 1. The van der Waals surface area contributed by atoms with E-state index in [2.05, 4.69) is 5.32 Å². The summed E-state index contributed by atoms with van der Waals surface area (Å²) in [6.45, 7) is 0. The van der Waals surface area contributed by atoms with Crippen molar-refractivity contribution < 1.29 is 9.55 Å². The van der Waals surface area contributed by atoms with Crippen LogP contribution in [0.5, 0.6) is 0 Å². The van der Waals surface area contributed by atoms with E-state index in [1.54, 1.807) is 18.2 Å². The van der Waals surface area contributed by atoms with E-state index in [0.717, 1.165) is 16.0 Å². The van der Waals surface area contributed by atoms with Gasteiger partial charge in [0.25, 0.3) is 5.69 Å². The van der Waals surface area contributed by atoms with Gasteiger partial charge in [-0.1, -0.05) is 0 Å². The minimum absolute atomic E-state index is 0.0132. The van der Waals surface area contributed by atoms with Crippen LogP contribution in [-0.2, 0) is 11.2 Å². The zero-order valence-electron chi connectivity index (χ0n) is 7.20. The lowest BCUT2D eigenvalue weighted by Gasteiger charge is -1.95. The van der Waals surface area contributed by atoms with Crippen LogP contribution in [-0.4, -0.2) is 17.7 Å². The topological polar surface area (TPSA) is 49.2 Å². The lowest BCUT2D eigenvalue weighted by atomic mass is 10.1. The smallest absolute Gasteiger partial charge is 0.256 e. The zero-order valence-corrected chi connectivity index (χ0v) is 7.20. The molecule has 1 heterocycles. The first-order valence-electron chi connectivity index (χ1n) is 4.00. The van der Waals surface area contributed by atoms with Crippen molar-refractivity contribution in [3.63, 3.8) is 0 Å². The third kappa shape index (κ3) is 1.30. The molecule has 0 atom stereocenters. The van der Waals surface area contributed by atoms with E-state index in [1.165, 1.54) is 7.05 Å². The maximum atomic E-state index is 11.0. The van der Waals surface area contributed by atoms with Crippen LogP contribution in [0.15, 0.2) is 18.2 Å². The average molecular weight is 177 g/mol. The highest BCUT2D eigenvalue weighted by Crippen LogP contribution is 2.26. The summed E-state index contributed by atoms with van der Waals surface area (Å²) < 4.78 is 0.781. The lowest BCUT2D eigenvalue weighted by molar-refractivity contribution is -0.428. The molecular weight excluding hydrogens is 168 g/mol. The van der Waals surface area contributed by atoms with Crippen molar-refractivity contribution in [2.45, 2.75) is 6.42 Å². The summed E-state index contributed by atoms with van der Waals surface area (Å²) in [7, 11) is 1.44. The Kier molecular flexibility index (Phi) is 1.62. The van der Waals surface area contributed by atoms with Gasteiger partial charge >= 0.3 is 0 Å². The highest BCUT2D eigenvalue weighted by molar-refractivity contribution is 5.99. The normalized spacial score (nSPS) is 13.8. The van der Waals surface area contributed by atoms with Gasteiger partial charge in [-0.3, -0.25) is 4.79 Å². The molecule has 0 aromatic heterocycles. The second kappa shape index (κ2) is 2.65. The van der Waals surface area contributed by atoms with E-state index in [1.807, 2.05) is 0 Å². The Labute approximate surface area is 75.1 Å². The molecule has 2 rings (SSSR count). The monoisotopic (exact) mass is 177 g/mol. The minimum atomic E-state index is -0.0132. The molecule has 1 amide bonds. The number of carbonyl (C=O) groups excluding carboxylic acids is 1. The Morgan fingerprint density at radius 2 is 2.23 bits per heavy atom. The summed E-state index contributed by atoms with van der Waals surface area (Å²) in [5, 5.41) is 2.70. The Balaban J connectivity index is 2.45. The summed E-state index contributed by atoms with van der Waals surface area (Å²) in [4.78, 5) is 21.9. The van der Waals surface area contributed by atoms with Crippen molar-refractivity contribution in [2.24, 2.45) is 0 Å². The molecule has 4 heteroatoms. The molecule has 1 aromatic rings. The van der Waals surface area contributed by atoms with Gasteiger partial charge in [0.2, 0.25) is 5.91 Å². The molecular formula is C9H9N2O2+. The van der Waals surface area contributed by atoms with Gasteiger partial charge in [-0.05, 0) is 11.6 Å². The molecule has 1 N–H and O–H groups in total. The second-order valence-electron chi connectivity index (χ2n) is 3.06. The Hall–Kier alpha value is -1.71. The maximum Gasteiger partial charge on any atom is 0.256 e. The van der Waals surface area contributed by atoms with Crippen LogP contribution in [0.2, 0.25) is 0 Å². The molecule has 66 valence electrons. The quantitative estimate of drug-likeness (QED) is 0.655. The number of nitrogens with one attached hydrogen (secondary N) is 1. The Morgan fingerprint density at radius 3 is 2.92 bits per heavy atom. The van der Waals surface area contributed by atoms with Crippen LogP contribution in [0.25, 0.3) is 0 Å². The molecule has 1 aliphatic rings. The van der Waals surface area contributed by atoms with Crippen molar-refractivity contribution in [3.05, 3.63) is 28.7 Å². The van der Waals surface area contributed by atoms with E-state index in [9.17, 15) is 9.70 Å². The number of fused-ring (bicyclic) bond motifs is 1. The Bertz CT molecular complexity index is 399. The minimum Gasteiger partial charge on any atom is -0.326 e. The van der Waals surface area contributed by atoms with Gasteiger partial charge in [-0.2, -0.15) is 0 Å². The van der Waals surface area contributed by atoms with Crippen LogP contribution >= 0.6 is 0 Å². The molecule has 4 nitrogen and oxygen atoms in total. The fraction of sp³-hybridized carbons (Fsp3) is 0.222. The maximum absolute atomic E-state index is 11.0. The molecule has 13 heavy (non-hydrogen) atoms. The fourth-order valence-corrected chi connectivity index (χ4v) is 1.41. The zero-order chi connectivity index (χ0) is 9.42. The number of hydrogen-bond donors (Lipinski definition) is 1. The number of carbonyl (C=O) groups is 1. The van der Waals surface area contributed by atoms with Gasteiger partial charge in [0, 0.05) is 27.5 Å². The summed E-state index contributed by atoms with van der Waals surface area (Å²) in [5.74, 6) is -0.0132. The highest BCUT2D eigenvalue weighted by atomic mass is 16.3. The van der Waals surface area contributed by atoms with Gasteiger partial charge in [0.1, 0.15) is 0 Å². The van der Waals surface area contributed by atoms with Crippen molar-refractivity contribution >= 4 is 17.3 Å².